The summed E-state index contributed by atoms with van der Waals surface area (Å²) in [5.74, 6) is -2.74. The largest absolute Gasteiger partial charge is 0.512 e. The summed E-state index contributed by atoms with van der Waals surface area (Å²) < 4.78 is 36.2. The van der Waals surface area contributed by atoms with Gasteiger partial charge < -0.3 is 10.2 Å². The van der Waals surface area contributed by atoms with Crippen molar-refractivity contribution in [3.63, 3.8) is 0 Å². The molecule has 0 radical (unpaired) electrons. The fourth-order valence-corrected chi connectivity index (χ4v) is 1.26. The van der Waals surface area contributed by atoms with Gasteiger partial charge in [0.05, 0.1) is 17.6 Å². The first-order chi connectivity index (χ1) is 5.88. The lowest BCUT2D eigenvalue weighted by Crippen LogP contribution is -2.31. The van der Waals surface area contributed by atoms with Crippen LogP contribution in [0.1, 0.15) is 6.42 Å². The van der Waals surface area contributed by atoms with Gasteiger partial charge in [-0.15, -0.1) is 0 Å². The van der Waals surface area contributed by atoms with Crippen LogP contribution >= 0.6 is 0 Å². The highest BCUT2D eigenvalue weighted by molar-refractivity contribution is 5.76. The number of alkyl halides is 3. The predicted molar refractivity (Wildman–Crippen MR) is 35.9 cm³/mol. The summed E-state index contributed by atoms with van der Waals surface area (Å²) in [5.41, 5.74) is -0.567. The summed E-state index contributed by atoms with van der Waals surface area (Å²) in [7, 11) is 0. The van der Waals surface area contributed by atoms with Crippen molar-refractivity contribution in [2.75, 3.05) is 0 Å². The van der Waals surface area contributed by atoms with Crippen LogP contribution in [0.2, 0.25) is 0 Å². The van der Waals surface area contributed by atoms with Gasteiger partial charge in [0.2, 0.25) is 0 Å². The number of carbonyl (C=O) groups is 1. The van der Waals surface area contributed by atoms with Gasteiger partial charge in [0.15, 0.2) is 6.29 Å². The van der Waals surface area contributed by atoms with E-state index in [-0.39, 0.29) is 6.29 Å². The molecule has 0 heterocycles. The van der Waals surface area contributed by atoms with Crippen molar-refractivity contribution in [1.82, 2.24) is 0 Å². The molecule has 0 saturated carbocycles. The first-order valence-corrected chi connectivity index (χ1v) is 3.50. The maximum absolute atomic E-state index is 12.1. The van der Waals surface area contributed by atoms with Gasteiger partial charge in [0, 0.05) is 6.42 Å². The third-order valence-corrected chi connectivity index (χ3v) is 1.99. The van der Waals surface area contributed by atoms with Crippen LogP contribution in [-0.4, -0.2) is 28.8 Å². The smallest absolute Gasteiger partial charge is 0.395 e. The molecule has 0 amide bonds. The zero-order valence-corrected chi connectivity index (χ0v) is 6.38. The number of halogens is 3. The Balaban J connectivity index is 2.88. The van der Waals surface area contributed by atoms with Crippen molar-refractivity contribution in [1.29, 1.82) is 0 Å². The van der Waals surface area contributed by atoms with Crippen molar-refractivity contribution in [2.24, 2.45) is 5.92 Å². The number of hydrogen-bond donors (Lipinski definition) is 2. The lowest BCUT2D eigenvalue weighted by atomic mass is 10.0. The van der Waals surface area contributed by atoms with Crippen LogP contribution in [0, 0.1) is 5.92 Å². The van der Waals surface area contributed by atoms with Crippen LogP contribution in [0.4, 0.5) is 13.2 Å². The van der Waals surface area contributed by atoms with E-state index in [0.29, 0.717) is 0 Å². The molecule has 0 saturated heterocycles. The monoisotopic (exact) mass is 196 g/mol. The minimum absolute atomic E-state index is 0.0474. The summed E-state index contributed by atoms with van der Waals surface area (Å²) in [4.78, 5) is 10.2. The van der Waals surface area contributed by atoms with E-state index >= 15 is 0 Å². The fraction of sp³-hybridized carbons (Fsp3) is 0.571. The highest BCUT2D eigenvalue weighted by atomic mass is 19.4. The molecule has 2 N–H and O–H groups in total. The molecule has 74 valence electrons. The zero-order valence-electron chi connectivity index (χ0n) is 6.38. The maximum atomic E-state index is 12.1. The minimum Gasteiger partial charge on any atom is -0.512 e. The molecule has 1 aliphatic carbocycles. The van der Waals surface area contributed by atoms with Gasteiger partial charge in [0.1, 0.15) is 5.76 Å². The van der Waals surface area contributed by atoms with Gasteiger partial charge in [-0.25, -0.2) is 0 Å². The second-order valence-corrected chi connectivity index (χ2v) is 2.82. The molecule has 3 nitrogen and oxygen atoms in total. The van der Waals surface area contributed by atoms with E-state index in [9.17, 15) is 18.0 Å². The van der Waals surface area contributed by atoms with Crippen molar-refractivity contribution in [2.45, 2.75) is 18.7 Å². The quantitative estimate of drug-likeness (QED) is 0.613. The topological polar surface area (TPSA) is 57.5 Å². The number of rotatable bonds is 1. The van der Waals surface area contributed by atoms with E-state index in [0.717, 1.165) is 0 Å². The van der Waals surface area contributed by atoms with Gasteiger partial charge in [-0.1, -0.05) is 0 Å². The molecule has 0 aromatic rings. The number of hydrogen-bond acceptors (Lipinski definition) is 3. The maximum Gasteiger partial charge on any atom is 0.395 e. The van der Waals surface area contributed by atoms with E-state index in [2.05, 4.69) is 0 Å². The third kappa shape index (κ3) is 1.67. The van der Waals surface area contributed by atoms with Gasteiger partial charge in [0.25, 0.3) is 0 Å². The van der Waals surface area contributed by atoms with Gasteiger partial charge in [-0.05, 0) is 0 Å². The van der Waals surface area contributed by atoms with E-state index in [4.69, 9.17) is 10.2 Å². The number of aldehydes is 1. The SMILES string of the molecule is O=CC1=C(O)CC(C(F)(F)F)C1O. The summed E-state index contributed by atoms with van der Waals surface area (Å²) in [5, 5.41) is 17.9. The number of aliphatic hydroxyl groups excluding tert-OH is 2. The molecule has 0 aromatic carbocycles. The van der Waals surface area contributed by atoms with Crippen molar-refractivity contribution < 1.29 is 28.2 Å². The average molecular weight is 196 g/mol. The van der Waals surface area contributed by atoms with Crippen LogP contribution in [0.3, 0.4) is 0 Å². The third-order valence-electron chi connectivity index (χ3n) is 1.99. The molecule has 0 aliphatic heterocycles. The molecule has 0 spiro atoms. The molecule has 0 aromatic heterocycles. The predicted octanol–water partition coefficient (Wildman–Crippen LogP) is 0.940. The summed E-state index contributed by atoms with van der Waals surface area (Å²) in [6, 6.07) is 0. The molecular formula is C7H7F3O3. The lowest BCUT2D eigenvalue weighted by Gasteiger charge is -2.18. The second-order valence-electron chi connectivity index (χ2n) is 2.82. The first-order valence-electron chi connectivity index (χ1n) is 3.50. The first kappa shape index (κ1) is 10.0. The van der Waals surface area contributed by atoms with Crippen LogP contribution in [-0.2, 0) is 4.79 Å². The van der Waals surface area contributed by atoms with Crippen molar-refractivity contribution >= 4 is 6.29 Å². The van der Waals surface area contributed by atoms with Crippen LogP contribution in [0.25, 0.3) is 0 Å². The van der Waals surface area contributed by atoms with Gasteiger partial charge in [-0.2, -0.15) is 13.2 Å². The summed E-state index contributed by atoms with van der Waals surface area (Å²) in [6.07, 6.45) is -7.21. The van der Waals surface area contributed by atoms with Crippen LogP contribution < -0.4 is 0 Å². The van der Waals surface area contributed by atoms with E-state index in [1.165, 1.54) is 0 Å². The molecule has 6 heteroatoms. The number of allylic oxidation sites excluding steroid dienone is 1. The molecular weight excluding hydrogens is 189 g/mol. The Hall–Kier alpha value is -1.04. The van der Waals surface area contributed by atoms with E-state index < -0.39 is 36.0 Å². The van der Waals surface area contributed by atoms with Crippen LogP contribution in [0.15, 0.2) is 11.3 Å². The Kier molecular flexibility index (Phi) is 2.34. The Bertz CT molecular complexity index is 256. The summed E-state index contributed by atoms with van der Waals surface area (Å²) in [6.45, 7) is 0. The van der Waals surface area contributed by atoms with Gasteiger partial charge in [-0.3, -0.25) is 4.79 Å². The molecule has 1 rings (SSSR count). The highest BCUT2D eigenvalue weighted by Gasteiger charge is 2.50. The van der Waals surface area contributed by atoms with Crippen molar-refractivity contribution in [3.05, 3.63) is 11.3 Å². The fourth-order valence-electron chi connectivity index (χ4n) is 1.26. The van der Waals surface area contributed by atoms with Crippen molar-refractivity contribution in [3.8, 4) is 0 Å². The molecule has 0 bridgehead atoms. The average Bonchev–Trinajstić information content (AvgIpc) is 2.25. The Morgan fingerprint density at radius 2 is 2.00 bits per heavy atom. The summed E-state index contributed by atoms with van der Waals surface area (Å²) >= 11 is 0. The minimum atomic E-state index is -4.60. The molecule has 2 unspecified atom stereocenters. The number of carbonyl (C=O) groups excluding carboxylic acids is 1. The molecule has 13 heavy (non-hydrogen) atoms. The molecule has 0 fully saturated rings. The standard InChI is InChI=1S/C7H7F3O3/c8-7(9,10)4-1-5(12)3(2-11)6(4)13/h2,4,6,12-13H,1H2. The Morgan fingerprint density at radius 3 is 2.23 bits per heavy atom. The highest BCUT2D eigenvalue weighted by Crippen LogP contribution is 2.40. The Morgan fingerprint density at radius 1 is 1.46 bits per heavy atom. The Labute approximate surface area is 71.5 Å². The zero-order chi connectivity index (χ0) is 10.2. The molecule has 1 aliphatic rings. The molecule has 2 atom stereocenters. The number of aliphatic hydroxyl groups is 2. The normalized spacial score (nSPS) is 29.5. The van der Waals surface area contributed by atoms with Gasteiger partial charge >= 0.3 is 6.18 Å². The van der Waals surface area contributed by atoms with E-state index in [1.807, 2.05) is 0 Å². The second kappa shape index (κ2) is 3.02. The van der Waals surface area contributed by atoms with E-state index in [1.54, 1.807) is 0 Å². The van der Waals surface area contributed by atoms with Crippen LogP contribution in [0.5, 0.6) is 0 Å². The lowest BCUT2D eigenvalue weighted by molar-refractivity contribution is -0.191.